The van der Waals surface area contributed by atoms with E-state index >= 15 is 0 Å². The van der Waals surface area contributed by atoms with Crippen molar-refractivity contribution in [2.24, 2.45) is 7.05 Å². The second-order valence-electron chi connectivity index (χ2n) is 5.51. The van der Waals surface area contributed by atoms with Gasteiger partial charge in [0.05, 0.1) is 17.9 Å². The first kappa shape index (κ1) is 13.9. The van der Waals surface area contributed by atoms with E-state index in [4.69, 9.17) is 4.74 Å². The average molecular weight is 295 g/mol. The Labute approximate surface area is 123 Å². The summed E-state index contributed by atoms with van der Waals surface area (Å²) in [5.41, 5.74) is 0.683. The van der Waals surface area contributed by atoms with Gasteiger partial charge in [-0.05, 0) is 25.0 Å². The van der Waals surface area contributed by atoms with Crippen molar-refractivity contribution >= 4 is 17.7 Å². The van der Waals surface area contributed by atoms with Gasteiger partial charge in [0.2, 0.25) is 0 Å². The summed E-state index contributed by atoms with van der Waals surface area (Å²) < 4.78 is 7.39. The molecule has 0 bridgehead atoms. The van der Waals surface area contributed by atoms with Gasteiger partial charge in [0.25, 0.3) is 5.91 Å². The molecule has 2 saturated heterocycles. The first-order chi connectivity index (χ1) is 9.74. The van der Waals surface area contributed by atoms with Crippen LogP contribution < -0.4 is 0 Å². The number of nitrogens with zero attached hydrogens (tertiary/aromatic N) is 3. The summed E-state index contributed by atoms with van der Waals surface area (Å²) in [6.45, 7) is 1.55. The Balaban J connectivity index is 1.74. The number of carbonyl (C=O) groups excluding carboxylic acids is 1. The van der Waals surface area contributed by atoms with E-state index in [1.807, 2.05) is 23.7 Å². The van der Waals surface area contributed by atoms with Gasteiger partial charge in [-0.3, -0.25) is 9.48 Å². The predicted molar refractivity (Wildman–Crippen MR) is 78.9 cm³/mol. The minimum atomic E-state index is 0.0982. The number of aryl methyl sites for hydroxylation is 1. The highest BCUT2D eigenvalue weighted by molar-refractivity contribution is 7.99. The Morgan fingerprint density at radius 2 is 2.50 bits per heavy atom. The Bertz CT molecular complexity index is 465. The smallest absolute Gasteiger partial charge is 0.257 e. The van der Waals surface area contributed by atoms with Crippen molar-refractivity contribution in [2.45, 2.75) is 31.4 Å². The molecule has 0 aromatic carbocycles. The van der Waals surface area contributed by atoms with Crippen LogP contribution in [0.2, 0.25) is 0 Å². The molecule has 5 nitrogen and oxygen atoms in total. The fourth-order valence-electron chi connectivity index (χ4n) is 2.87. The van der Waals surface area contributed by atoms with E-state index < -0.39 is 0 Å². The Morgan fingerprint density at radius 3 is 3.10 bits per heavy atom. The fraction of sp³-hybridized carbons (Fsp3) is 0.714. The molecule has 1 aromatic rings. The van der Waals surface area contributed by atoms with Gasteiger partial charge in [0.1, 0.15) is 0 Å². The van der Waals surface area contributed by atoms with Crippen molar-refractivity contribution in [1.29, 1.82) is 0 Å². The molecule has 2 atom stereocenters. The third kappa shape index (κ3) is 3.01. The Hall–Kier alpha value is -1.01. The van der Waals surface area contributed by atoms with E-state index in [9.17, 15) is 4.79 Å². The van der Waals surface area contributed by atoms with Crippen LogP contribution in [0.1, 0.15) is 29.6 Å². The van der Waals surface area contributed by atoms with E-state index in [1.54, 1.807) is 17.1 Å². The van der Waals surface area contributed by atoms with Crippen LogP contribution in [0.4, 0.5) is 0 Å². The Kier molecular flexibility index (Phi) is 4.31. The maximum atomic E-state index is 12.7. The predicted octanol–water partition coefficient (Wildman–Crippen LogP) is 1.55. The van der Waals surface area contributed by atoms with Crippen LogP contribution in [0.3, 0.4) is 0 Å². The minimum absolute atomic E-state index is 0.0982. The fourth-order valence-corrected chi connectivity index (χ4v) is 4.09. The normalized spacial score (nSPS) is 26.1. The maximum absolute atomic E-state index is 12.7. The zero-order chi connectivity index (χ0) is 13.9. The standard InChI is InChI=1S/C14H21N3O2S/c1-16-8-11(7-15-16)14(18)17(12-4-6-20-10-12)9-13-3-2-5-19-13/h7-8,12-13H,2-6,9-10H2,1H3/t12-,13+/m1/s1. The number of carbonyl (C=O) groups is 1. The molecule has 3 rings (SSSR count). The van der Waals surface area contributed by atoms with Crippen LogP contribution in [0.25, 0.3) is 0 Å². The summed E-state index contributed by atoms with van der Waals surface area (Å²) >= 11 is 1.93. The number of hydrogen-bond donors (Lipinski definition) is 0. The lowest BCUT2D eigenvalue weighted by Crippen LogP contribution is -2.44. The zero-order valence-corrected chi connectivity index (χ0v) is 12.6. The molecule has 3 heterocycles. The monoisotopic (exact) mass is 295 g/mol. The number of rotatable bonds is 4. The molecule has 2 aliphatic rings. The molecule has 0 saturated carbocycles. The molecule has 0 radical (unpaired) electrons. The first-order valence-corrected chi connectivity index (χ1v) is 8.38. The molecule has 0 unspecified atom stereocenters. The molecular formula is C14H21N3O2S. The third-order valence-corrected chi connectivity index (χ3v) is 5.13. The maximum Gasteiger partial charge on any atom is 0.257 e. The number of thioether (sulfide) groups is 1. The number of hydrogen-bond acceptors (Lipinski definition) is 4. The topological polar surface area (TPSA) is 47.4 Å². The highest BCUT2D eigenvalue weighted by Crippen LogP contribution is 2.25. The number of aromatic nitrogens is 2. The van der Waals surface area contributed by atoms with Gasteiger partial charge in [0, 0.05) is 38.2 Å². The second-order valence-corrected chi connectivity index (χ2v) is 6.66. The highest BCUT2D eigenvalue weighted by Gasteiger charge is 2.31. The number of ether oxygens (including phenoxy) is 1. The van der Waals surface area contributed by atoms with E-state index in [0.717, 1.165) is 43.9 Å². The molecule has 20 heavy (non-hydrogen) atoms. The minimum Gasteiger partial charge on any atom is -0.376 e. The molecule has 6 heteroatoms. The van der Waals surface area contributed by atoms with Gasteiger partial charge in [0.15, 0.2) is 0 Å². The lowest BCUT2D eigenvalue weighted by atomic mass is 10.1. The summed E-state index contributed by atoms with van der Waals surface area (Å²) in [6, 6.07) is 0.344. The lowest BCUT2D eigenvalue weighted by Gasteiger charge is -2.30. The van der Waals surface area contributed by atoms with Gasteiger partial charge in [-0.15, -0.1) is 0 Å². The van der Waals surface area contributed by atoms with Crippen LogP contribution in [0.5, 0.6) is 0 Å². The van der Waals surface area contributed by atoms with Crippen LogP contribution in [0.15, 0.2) is 12.4 Å². The molecule has 2 fully saturated rings. The van der Waals surface area contributed by atoms with Crippen LogP contribution >= 0.6 is 11.8 Å². The van der Waals surface area contributed by atoms with Gasteiger partial charge in [-0.2, -0.15) is 16.9 Å². The van der Waals surface area contributed by atoms with E-state index in [0.29, 0.717) is 11.6 Å². The van der Waals surface area contributed by atoms with Gasteiger partial charge < -0.3 is 9.64 Å². The molecule has 0 N–H and O–H groups in total. The molecule has 0 spiro atoms. The highest BCUT2D eigenvalue weighted by atomic mass is 32.2. The molecular weight excluding hydrogens is 274 g/mol. The number of amides is 1. The van der Waals surface area contributed by atoms with E-state index in [-0.39, 0.29) is 12.0 Å². The SMILES string of the molecule is Cn1cc(C(=O)N(C[C@@H]2CCCO2)[C@@H]2CCSC2)cn1. The van der Waals surface area contributed by atoms with Crippen molar-refractivity contribution in [3.05, 3.63) is 18.0 Å². The summed E-state index contributed by atoms with van der Waals surface area (Å²) in [5, 5.41) is 4.11. The first-order valence-electron chi connectivity index (χ1n) is 7.23. The molecule has 1 aromatic heterocycles. The van der Waals surface area contributed by atoms with Crippen LogP contribution in [-0.4, -0.2) is 57.4 Å². The average Bonchev–Trinajstić information content (AvgIpc) is 3.17. The molecule has 110 valence electrons. The van der Waals surface area contributed by atoms with Crippen LogP contribution in [-0.2, 0) is 11.8 Å². The summed E-state index contributed by atoms with van der Waals surface area (Å²) in [5.74, 6) is 2.28. The Morgan fingerprint density at radius 1 is 1.60 bits per heavy atom. The molecule has 2 aliphatic heterocycles. The summed E-state index contributed by atoms with van der Waals surface area (Å²) in [4.78, 5) is 14.8. The van der Waals surface area contributed by atoms with Crippen LogP contribution in [0, 0.1) is 0 Å². The van der Waals surface area contributed by atoms with Gasteiger partial charge >= 0.3 is 0 Å². The van der Waals surface area contributed by atoms with E-state index in [2.05, 4.69) is 5.10 Å². The van der Waals surface area contributed by atoms with Crippen molar-refractivity contribution in [1.82, 2.24) is 14.7 Å². The molecule has 0 aliphatic carbocycles. The second kappa shape index (κ2) is 6.18. The lowest BCUT2D eigenvalue weighted by molar-refractivity contribution is 0.0441. The van der Waals surface area contributed by atoms with Gasteiger partial charge in [-0.25, -0.2) is 0 Å². The quantitative estimate of drug-likeness (QED) is 0.845. The van der Waals surface area contributed by atoms with Crippen molar-refractivity contribution in [3.63, 3.8) is 0 Å². The third-order valence-electron chi connectivity index (χ3n) is 3.98. The molecule has 1 amide bonds. The van der Waals surface area contributed by atoms with Crippen molar-refractivity contribution in [3.8, 4) is 0 Å². The van der Waals surface area contributed by atoms with E-state index in [1.165, 1.54) is 0 Å². The largest absolute Gasteiger partial charge is 0.376 e. The van der Waals surface area contributed by atoms with Crippen molar-refractivity contribution in [2.75, 3.05) is 24.7 Å². The summed E-state index contributed by atoms with van der Waals surface area (Å²) in [6.07, 6.45) is 6.93. The van der Waals surface area contributed by atoms with Gasteiger partial charge in [-0.1, -0.05) is 0 Å². The zero-order valence-electron chi connectivity index (χ0n) is 11.8. The van der Waals surface area contributed by atoms with Crippen molar-refractivity contribution < 1.29 is 9.53 Å². The summed E-state index contributed by atoms with van der Waals surface area (Å²) in [7, 11) is 1.84.